The lowest BCUT2D eigenvalue weighted by atomic mass is 9.97. The van der Waals surface area contributed by atoms with Gasteiger partial charge in [-0.3, -0.25) is 10.1 Å². The van der Waals surface area contributed by atoms with E-state index in [9.17, 15) is 30.4 Å². The molecule has 2 aromatic heterocycles. The van der Waals surface area contributed by atoms with Crippen molar-refractivity contribution in [3.05, 3.63) is 76.4 Å². The average molecular weight is 478 g/mol. The van der Waals surface area contributed by atoms with Gasteiger partial charge in [0.05, 0.1) is 12.2 Å². The maximum Gasteiger partial charge on any atom is 0.433 e. The van der Waals surface area contributed by atoms with Crippen LogP contribution in [-0.4, -0.2) is 27.9 Å². The van der Waals surface area contributed by atoms with Gasteiger partial charge in [0.1, 0.15) is 22.3 Å². The van der Waals surface area contributed by atoms with Gasteiger partial charge in [-0.25, -0.2) is 17.2 Å². The fourth-order valence-corrected chi connectivity index (χ4v) is 5.84. The molecule has 2 aliphatic heterocycles. The Morgan fingerprint density at radius 2 is 1.66 bits per heavy atom. The summed E-state index contributed by atoms with van der Waals surface area (Å²) in [4.78, 5) is 2.28. The summed E-state index contributed by atoms with van der Waals surface area (Å²) in [6.45, 7) is 0. The van der Waals surface area contributed by atoms with Gasteiger partial charge in [0.2, 0.25) is 10.0 Å². The van der Waals surface area contributed by atoms with Gasteiger partial charge in [0, 0.05) is 11.8 Å². The largest absolute Gasteiger partial charge is 0.433 e. The first kappa shape index (κ1) is 20.9. The summed E-state index contributed by atoms with van der Waals surface area (Å²) in [6.07, 6.45) is -3.52. The molecule has 4 heterocycles. The maximum atomic E-state index is 15.4. The summed E-state index contributed by atoms with van der Waals surface area (Å²) < 4.78 is 124. The molecule has 0 spiro atoms. The molecule has 0 saturated carbocycles. The van der Waals surface area contributed by atoms with E-state index in [-0.39, 0.29) is 11.1 Å². The topological polar surface area (TPSA) is 79.0 Å². The SMILES string of the molecule is O=S(=O)(c1ccc(C(F)(F)F)nc1)N1C2c3cc(F)c(F)cc3C1C(F)(F)c1[nH]ncc12. The first-order valence-corrected chi connectivity index (χ1v) is 10.3. The fourth-order valence-electron chi connectivity index (χ4n) is 4.14. The number of aromatic amines is 1. The summed E-state index contributed by atoms with van der Waals surface area (Å²) in [5.41, 5.74) is -3.09. The Hall–Kier alpha value is -3.00. The zero-order valence-electron chi connectivity index (χ0n) is 15.3. The minimum atomic E-state index is -4.91. The highest BCUT2D eigenvalue weighted by Crippen LogP contribution is 2.62. The highest BCUT2D eigenvalue weighted by molar-refractivity contribution is 7.89. The lowest BCUT2D eigenvalue weighted by Crippen LogP contribution is -2.45. The number of rotatable bonds is 2. The Labute approximate surface area is 174 Å². The van der Waals surface area contributed by atoms with Crippen LogP contribution in [0.3, 0.4) is 0 Å². The van der Waals surface area contributed by atoms with Crippen LogP contribution in [0.25, 0.3) is 0 Å². The zero-order valence-corrected chi connectivity index (χ0v) is 16.1. The molecule has 14 heteroatoms. The molecule has 1 N–H and O–H groups in total. The van der Waals surface area contributed by atoms with Crippen LogP contribution in [0, 0.1) is 11.6 Å². The number of nitrogens with one attached hydrogen (secondary N) is 1. The molecule has 6 nitrogen and oxygen atoms in total. The first-order valence-electron chi connectivity index (χ1n) is 8.82. The number of aromatic nitrogens is 3. The molecule has 2 unspecified atom stereocenters. The number of hydrogen-bond acceptors (Lipinski definition) is 4. The molecule has 2 aliphatic rings. The quantitative estimate of drug-likeness (QED) is 0.564. The summed E-state index contributed by atoms with van der Waals surface area (Å²) >= 11 is 0. The molecular formula is C18H9F7N4O2S. The van der Waals surface area contributed by atoms with Gasteiger partial charge in [0.15, 0.2) is 11.6 Å². The van der Waals surface area contributed by atoms with Gasteiger partial charge in [-0.2, -0.15) is 31.4 Å². The standard InChI is InChI=1S/C18H9F7N4O2S/c19-11-3-8-9(4-12(11)20)16-17(21,22)15-10(6-27-28-15)14(8)29(16)32(30,31)7-1-2-13(26-5-7)18(23,24)25/h1-6,14,16H,(H,27,28). The van der Waals surface area contributed by atoms with Gasteiger partial charge in [-0.1, -0.05) is 0 Å². The summed E-state index contributed by atoms with van der Waals surface area (Å²) in [5, 5.41) is 5.63. The second kappa shape index (κ2) is 6.28. The Bertz CT molecular complexity index is 1350. The van der Waals surface area contributed by atoms with E-state index < -0.39 is 67.7 Å². The van der Waals surface area contributed by atoms with E-state index in [1.54, 1.807) is 0 Å². The number of alkyl halides is 5. The average Bonchev–Trinajstić information content (AvgIpc) is 3.30. The Morgan fingerprint density at radius 3 is 2.25 bits per heavy atom. The van der Waals surface area contributed by atoms with Gasteiger partial charge >= 0.3 is 12.1 Å². The van der Waals surface area contributed by atoms with Gasteiger partial charge < -0.3 is 0 Å². The van der Waals surface area contributed by atoms with Crippen LogP contribution in [0.4, 0.5) is 30.7 Å². The predicted molar refractivity (Wildman–Crippen MR) is 91.7 cm³/mol. The zero-order chi connectivity index (χ0) is 23.2. The summed E-state index contributed by atoms with van der Waals surface area (Å²) in [5.74, 6) is -6.77. The van der Waals surface area contributed by atoms with Crippen molar-refractivity contribution in [2.75, 3.05) is 0 Å². The highest BCUT2D eigenvalue weighted by atomic mass is 32.2. The number of halogens is 7. The smallest absolute Gasteiger partial charge is 0.276 e. The number of pyridine rings is 1. The molecular weight excluding hydrogens is 469 g/mol. The third-order valence-corrected chi connectivity index (χ3v) is 7.28. The van der Waals surface area contributed by atoms with E-state index in [1.807, 2.05) is 0 Å². The number of H-pyrrole nitrogens is 1. The molecule has 0 amide bonds. The van der Waals surface area contributed by atoms with Crippen LogP contribution in [0.1, 0.15) is 40.2 Å². The normalized spacial score (nSPS) is 22.0. The fraction of sp³-hybridized carbons (Fsp3) is 0.222. The molecule has 0 radical (unpaired) electrons. The summed E-state index contributed by atoms with van der Waals surface area (Å²) in [6, 6.07) is -1.70. The Morgan fingerprint density at radius 1 is 1.00 bits per heavy atom. The summed E-state index contributed by atoms with van der Waals surface area (Å²) in [7, 11) is -4.91. The van der Waals surface area contributed by atoms with Crippen molar-refractivity contribution in [3.63, 3.8) is 0 Å². The molecule has 168 valence electrons. The van der Waals surface area contributed by atoms with E-state index >= 15 is 8.78 Å². The van der Waals surface area contributed by atoms with Gasteiger partial charge in [-0.15, -0.1) is 0 Å². The molecule has 0 saturated heterocycles. The van der Waals surface area contributed by atoms with Crippen molar-refractivity contribution >= 4 is 10.0 Å². The third kappa shape index (κ3) is 2.65. The number of benzene rings is 1. The Balaban J connectivity index is 1.73. The van der Waals surface area contributed by atoms with Crippen molar-refractivity contribution in [1.82, 2.24) is 19.5 Å². The van der Waals surface area contributed by atoms with Crippen LogP contribution in [0.5, 0.6) is 0 Å². The second-order valence-electron chi connectivity index (χ2n) is 7.24. The third-order valence-electron chi connectivity index (χ3n) is 5.47. The lowest BCUT2D eigenvalue weighted by molar-refractivity contribution is -0.141. The van der Waals surface area contributed by atoms with Crippen LogP contribution >= 0.6 is 0 Å². The molecule has 2 bridgehead atoms. The van der Waals surface area contributed by atoms with Crippen molar-refractivity contribution in [1.29, 1.82) is 0 Å². The number of nitrogens with zero attached hydrogens (tertiary/aromatic N) is 3. The minimum absolute atomic E-state index is 0.225. The Kier molecular flexibility index (Phi) is 4.10. The second-order valence-corrected chi connectivity index (χ2v) is 9.08. The molecule has 32 heavy (non-hydrogen) atoms. The van der Waals surface area contributed by atoms with Crippen molar-refractivity contribution in [3.8, 4) is 0 Å². The molecule has 0 aliphatic carbocycles. The monoisotopic (exact) mass is 478 g/mol. The van der Waals surface area contributed by atoms with Crippen LogP contribution < -0.4 is 0 Å². The van der Waals surface area contributed by atoms with E-state index in [4.69, 9.17) is 0 Å². The van der Waals surface area contributed by atoms with E-state index in [2.05, 4.69) is 15.2 Å². The minimum Gasteiger partial charge on any atom is -0.276 e. The molecule has 2 atom stereocenters. The van der Waals surface area contributed by atoms with Crippen molar-refractivity contribution < 1.29 is 39.2 Å². The van der Waals surface area contributed by atoms with Crippen molar-refractivity contribution in [2.45, 2.75) is 29.1 Å². The molecule has 3 aromatic rings. The van der Waals surface area contributed by atoms with Gasteiger partial charge in [0.25, 0.3) is 0 Å². The molecule has 0 fully saturated rings. The number of sulfonamides is 1. The highest BCUT2D eigenvalue weighted by Gasteiger charge is 2.64. The number of fused-ring (bicyclic) bond motifs is 7. The lowest BCUT2D eigenvalue weighted by Gasteiger charge is -2.38. The van der Waals surface area contributed by atoms with Crippen LogP contribution in [-0.2, 0) is 22.1 Å². The van der Waals surface area contributed by atoms with E-state index in [0.29, 0.717) is 34.8 Å². The predicted octanol–water partition coefficient (Wildman–Crippen LogP) is 4.04. The van der Waals surface area contributed by atoms with Gasteiger partial charge in [-0.05, 0) is 35.4 Å². The van der Waals surface area contributed by atoms with Crippen molar-refractivity contribution in [2.24, 2.45) is 0 Å². The van der Waals surface area contributed by atoms with E-state index in [1.165, 1.54) is 0 Å². The molecule has 5 rings (SSSR count). The van der Waals surface area contributed by atoms with Crippen LogP contribution in [0.15, 0.2) is 41.6 Å². The molecule has 1 aromatic carbocycles. The van der Waals surface area contributed by atoms with Crippen LogP contribution in [0.2, 0.25) is 0 Å². The first-order chi connectivity index (χ1) is 14.8. The number of hydrogen-bond donors (Lipinski definition) is 1. The maximum absolute atomic E-state index is 15.4. The van der Waals surface area contributed by atoms with E-state index in [0.717, 1.165) is 6.20 Å².